The molecule has 0 fully saturated rings. The topological polar surface area (TPSA) is 39.4 Å². The average Bonchev–Trinajstić information content (AvgIpc) is 3.78. The Bertz CT molecular complexity index is 1990. The largest absolute Gasteiger partial charge is 0.461 e. The zero-order chi connectivity index (χ0) is 28.6. The first-order valence-electron chi connectivity index (χ1n) is 14.2. The summed E-state index contributed by atoms with van der Waals surface area (Å²) in [6, 6.07) is 43.9. The van der Waals surface area contributed by atoms with Gasteiger partial charge in [0.15, 0.2) is 0 Å². The van der Waals surface area contributed by atoms with Gasteiger partial charge in [0.05, 0.1) is 0 Å². The second kappa shape index (κ2) is 10.6. The van der Waals surface area contributed by atoms with E-state index in [4.69, 9.17) is 13.3 Å². The predicted octanol–water partition coefficient (Wildman–Crippen LogP) is 11.4. The minimum absolute atomic E-state index is 0.775. The van der Waals surface area contributed by atoms with Gasteiger partial charge in [0.1, 0.15) is 34.6 Å². The van der Waals surface area contributed by atoms with Crippen LogP contribution in [0.1, 0.15) is 17.3 Å². The molecule has 0 atom stereocenters. The smallest absolute Gasteiger partial charge is 0.135 e. The molecule has 7 rings (SSSR count). The van der Waals surface area contributed by atoms with Gasteiger partial charge in [0.2, 0.25) is 0 Å². The highest BCUT2D eigenvalue weighted by atomic mass is 16.3. The van der Waals surface area contributed by atoms with Crippen LogP contribution >= 0.6 is 0 Å². The summed E-state index contributed by atoms with van der Waals surface area (Å²) in [5.41, 5.74) is 9.34. The Balaban J connectivity index is 1.81. The van der Waals surface area contributed by atoms with Crippen LogP contribution in [0.4, 0.5) is 0 Å². The monoisotopic (exact) mass is 546 g/mol. The van der Waals surface area contributed by atoms with Gasteiger partial charge in [-0.15, -0.1) is 0 Å². The molecule has 204 valence electrons. The Labute approximate surface area is 245 Å². The van der Waals surface area contributed by atoms with E-state index in [1.54, 1.807) is 0 Å². The van der Waals surface area contributed by atoms with Crippen LogP contribution in [0.2, 0.25) is 0 Å². The first-order chi connectivity index (χ1) is 20.6. The molecular formula is C39H30O3. The van der Waals surface area contributed by atoms with E-state index in [1.807, 2.05) is 51.1 Å². The van der Waals surface area contributed by atoms with E-state index in [9.17, 15) is 0 Å². The molecule has 0 aliphatic heterocycles. The molecule has 42 heavy (non-hydrogen) atoms. The molecular weight excluding hydrogens is 516 g/mol. The van der Waals surface area contributed by atoms with Crippen molar-refractivity contribution in [2.24, 2.45) is 0 Å². The van der Waals surface area contributed by atoms with Crippen LogP contribution in [0, 0.1) is 20.8 Å². The van der Waals surface area contributed by atoms with Gasteiger partial charge in [0.25, 0.3) is 0 Å². The molecule has 0 unspecified atom stereocenters. The lowest BCUT2D eigenvalue weighted by atomic mass is 9.77. The van der Waals surface area contributed by atoms with E-state index < -0.39 is 0 Å². The van der Waals surface area contributed by atoms with Gasteiger partial charge in [-0.2, -0.15) is 0 Å². The Morgan fingerprint density at radius 2 is 0.548 bits per heavy atom. The molecule has 0 N–H and O–H groups in total. The molecule has 0 bridgehead atoms. The molecule has 0 saturated carbocycles. The zero-order valence-electron chi connectivity index (χ0n) is 23.8. The molecule has 0 radical (unpaired) electrons. The summed E-state index contributed by atoms with van der Waals surface area (Å²) in [5, 5.41) is 0. The van der Waals surface area contributed by atoms with E-state index in [-0.39, 0.29) is 0 Å². The molecule has 3 aromatic heterocycles. The third-order valence-corrected chi connectivity index (χ3v) is 7.65. The SMILES string of the molecule is Cc1ccc(-c2c(-c3ccccc3)c(-c3ccccc3)c(-c3ccc(C)o3)c(-c3ccc(C)o3)c2-c2ccccc2)o1. The van der Waals surface area contributed by atoms with Crippen molar-refractivity contribution in [3.8, 4) is 67.4 Å². The molecule has 0 aliphatic rings. The first-order valence-corrected chi connectivity index (χ1v) is 14.2. The lowest BCUT2D eigenvalue weighted by Gasteiger charge is -2.26. The maximum atomic E-state index is 6.48. The number of hydrogen-bond donors (Lipinski definition) is 0. The van der Waals surface area contributed by atoms with E-state index in [0.29, 0.717) is 0 Å². The van der Waals surface area contributed by atoms with E-state index >= 15 is 0 Å². The fourth-order valence-electron chi connectivity index (χ4n) is 5.88. The Kier molecular flexibility index (Phi) is 6.48. The second-order valence-corrected chi connectivity index (χ2v) is 10.6. The molecule has 0 amide bonds. The number of benzene rings is 4. The van der Waals surface area contributed by atoms with Crippen molar-refractivity contribution >= 4 is 0 Å². The van der Waals surface area contributed by atoms with Crippen LogP contribution in [-0.2, 0) is 0 Å². The van der Waals surface area contributed by atoms with Crippen molar-refractivity contribution in [1.82, 2.24) is 0 Å². The van der Waals surface area contributed by atoms with Crippen LogP contribution in [0.25, 0.3) is 67.4 Å². The Morgan fingerprint density at radius 1 is 0.286 bits per heavy atom. The third-order valence-electron chi connectivity index (χ3n) is 7.65. The number of rotatable bonds is 6. The van der Waals surface area contributed by atoms with Gasteiger partial charge in [-0.3, -0.25) is 0 Å². The van der Waals surface area contributed by atoms with Gasteiger partial charge in [-0.25, -0.2) is 0 Å². The summed E-state index contributed by atoms with van der Waals surface area (Å²) in [4.78, 5) is 0. The van der Waals surface area contributed by atoms with Crippen LogP contribution in [-0.4, -0.2) is 0 Å². The highest BCUT2D eigenvalue weighted by Gasteiger charge is 2.32. The molecule has 7 aromatic rings. The van der Waals surface area contributed by atoms with E-state index in [1.165, 1.54) is 0 Å². The molecule has 0 spiro atoms. The Morgan fingerprint density at radius 3 is 0.810 bits per heavy atom. The molecule has 0 aliphatic carbocycles. The number of aryl methyl sites for hydroxylation is 3. The van der Waals surface area contributed by atoms with Gasteiger partial charge in [-0.1, -0.05) is 91.0 Å². The second-order valence-electron chi connectivity index (χ2n) is 10.6. The van der Waals surface area contributed by atoms with Gasteiger partial charge in [-0.05, 0) is 73.9 Å². The summed E-state index contributed by atoms with van der Waals surface area (Å²) in [5.74, 6) is 4.90. The van der Waals surface area contributed by atoms with Crippen molar-refractivity contribution < 1.29 is 13.3 Å². The highest BCUT2D eigenvalue weighted by Crippen LogP contribution is 2.56. The van der Waals surface area contributed by atoms with Crippen LogP contribution < -0.4 is 0 Å². The third kappa shape index (κ3) is 4.49. The quantitative estimate of drug-likeness (QED) is 0.208. The molecule has 3 heterocycles. The molecule has 4 aromatic carbocycles. The maximum Gasteiger partial charge on any atom is 0.135 e. The standard InChI is InChI=1S/C39H30O3/c1-25-19-22-31(40-25)37-34(28-13-7-4-8-14-28)35(29-15-9-5-10-16-29)38(32-23-20-26(2)41-32)39(33-24-21-27(3)42-33)36(37)30-17-11-6-12-18-30/h4-24H,1-3H3. The fourth-order valence-corrected chi connectivity index (χ4v) is 5.88. The Hall–Kier alpha value is -5.28. The summed E-state index contributed by atoms with van der Waals surface area (Å²) in [6.07, 6.45) is 0. The lowest BCUT2D eigenvalue weighted by molar-refractivity contribution is 0.542. The zero-order valence-corrected chi connectivity index (χ0v) is 23.8. The number of furan rings is 3. The van der Waals surface area contributed by atoms with Gasteiger partial charge >= 0.3 is 0 Å². The predicted molar refractivity (Wildman–Crippen MR) is 170 cm³/mol. The normalized spacial score (nSPS) is 11.2. The van der Waals surface area contributed by atoms with Gasteiger partial charge < -0.3 is 13.3 Å². The summed E-state index contributed by atoms with van der Waals surface area (Å²) < 4.78 is 19.4. The van der Waals surface area contributed by atoms with Crippen molar-refractivity contribution in [3.63, 3.8) is 0 Å². The van der Waals surface area contributed by atoms with Crippen molar-refractivity contribution in [2.75, 3.05) is 0 Å². The summed E-state index contributed by atoms with van der Waals surface area (Å²) in [7, 11) is 0. The van der Waals surface area contributed by atoms with Crippen molar-refractivity contribution in [1.29, 1.82) is 0 Å². The summed E-state index contributed by atoms with van der Waals surface area (Å²) in [6.45, 7) is 5.96. The lowest BCUT2D eigenvalue weighted by Crippen LogP contribution is -2.01. The van der Waals surface area contributed by atoms with Crippen LogP contribution in [0.5, 0.6) is 0 Å². The minimum Gasteiger partial charge on any atom is -0.461 e. The van der Waals surface area contributed by atoms with Crippen molar-refractivity contribution in [3.05, 3.63) is 145 Å². The van der Waals surface area contributed by atoms with E-state index in [0.717, 1.165) is 84.6 Å². The van der Waals surface area contributed by atoms with E-state index in [2.05, 4.69) is 97.1 Å². The average molecular weight is 547 g/mol. The van der Waals surface area contributed by atoms with Crippen LogP contribution in [0.3, 0.4) is 0 Å². The molecule has 3 heteroatoms. The van der Waals surface area contributed by atoms with Gasteiger partial charge in [0, 0.05) is 33.4 Å². The van der Waals surface area contributed by atoms with Crippen LogP contribution in [0.15, 0.2) is 141 Å². The number of hydrogen-bond acceptors (Lipinski definition) is 3. The maximum absolute atomic E-state index is 6.48. The summed E-state index contributed by atoms with van der Waals surface area (Å²) >= 11 is 0. The minimum atomic E-state index is 0.775. The fraction of sp³-hybridized carbons (Fsp3) is 0.0769. The first kappa shape index (κ1) is 25.7. The molecule has 0 saturated heterocycles. The highest BCUT2D eigenvalue weighted by molar-refractivity contribution is 6.13. The van der Waals surface area contributed by atoms with Crippen molar-refractivity contribution in [2.45, 2.75) is 20.8 Å². The molecule has 3 nitrogen and oxygen atoms in total.